The van der Waals surface area contributed by atoms with E-state index in [0.29, 0.717) is 17.7 Å². The molecule has 2 aliphatic rings. The quantitative estimate of drug-likeness (QED) is 0.765. The van der Waals surface area contributed by atoms with Crippen molar-refractivity contribution in [3.63, 3.8) is 0 Å². The summed E-state index contributed by atoms with van der Waals surface area (Å²) in [6, 6.07) is 3.94. The summed E-state index contributed by atoms with van der Waals surface area (Å²) in [5.74, 6) is 2.15. The third-order valence-electron chi connectivity index (χ3n) is 3.90. The first-order valence-corrected chi connectivity index (χ1v) is 6.17. The lowest BCUT2D eigenvalue weighted by atomic mass is 9.84. The van der Waals surface area contributed by atoms with Gasteiger partial charge in [0, 0.05) is 24.9 Å². The Morgan fingerprint density at radius 2 is 2.25 bits per heavy atom. The number of amides is 1. The Hall–Kier alpha value is -1.25. The minimum atomic E-state index is 0.329. The minimum absolute atomic E-state index is 0.329. The molecule has 3 nitrogen and oxygen atoms in total. The van der Waals surface area contributed by atoms with Gasteiger partial charge in [0.25, 0.3) is 0 Å². The average molecular weight is 219 g/mol. The van der Waals surface area contributed by atoms with Crippen LogP contribution in [0.3, 0.4) is 0 Å². The summed E-state index contributed by atoms with van der Waals surface area (Å²) in [6.07, 6.45) is 6.19. The first-order valence-electron chi connectivity index (χ1n) is 6.17. The first-order chi connectivity index (χ1) is 7.84. The van der Waals surface area contributed by atoms with Crippen LogP contribution in [0.25, 0.3) is 0 Å². The fourth-order valence-electron chi connectivity index (χ4n) is 2.63. The Kier molecular flexibility index (Phi) is 2.46. The molecule has 1 aliphatic carbocycles. The van der Waals surface area contributed by atoms with Crippen LogP contribution < -0.4 is 0 Å². The number of likely N-dealkylation sites (tertiary alicyclic amines) is 1. The molecule has 0 bridgehead atoms. The lowest BCUT2D eigenvalue weighted by Gasteiger charge is -2.29. The molecule has 3 rings (SSSR count). The summed E-state index contributed by atoms with van der Waals surface area (Å²) in [5.41, 5.74) is 0. The van der Waals surface area contributed by atoms with Crippen molar-refractivity contribution >= 4 is 5.91 Å². The topological polar surface area (TPSA) is 33.5 Å². The van der Waals surface area contributed by atoms with E-state index in [4.69, 9.17) is 4.42 Å². The highest BCUT2D eigenvalue weighted by atomic mass is 16.3. The van der Waals surface area contributed by atoms with Crippen LogP contribution >= 0.6 is 0 Å². The second-order valence-corrected chi connectivity index (χ2v) is 4.91. The molecule has 0 N–H and O–H groups in total. The second kappa shape index (κ2) is 3.96. The van der Waals surface area contributed by atoms with Crippen LogP contribution in [0, 0.1) is 5.92 Å². The largest absolute Gasteiger partial charge is 0.469 e. The van der Waals surface area contributed by atoms with Crippen LogP contribution in [-0.4, -0.2) is 23.9 Å². The van der Waals surface area contributed by atoms with Crippen LogP contribution in [0.1, 0.15) is 37.4 Å². The summed E-state index contributed by atoms with van der Waals surface area (Å²) in [5, 5.41) is 0. The van der Waals surface area contributed by atoms with Gasteiger partial charge in [-0.1, -0.05) is 6.42 Å². The van der Waals surface area contributed by atoms with Crippen molar-refractivity contribution < 1.29 is 9.21 Å². The van der Waals surface area contributed by atoms with Gasteiger partial charge < -0.3 is 9.32 Å². The lowest BCUT2D eigenvalue weighted by Crippen LogP contribution is -2.37. The van der Waals surface area contributed by atoms with Gasteiger partial charge in [0.05, 0.1) is 6.26 Å². The van der Waals surface area contributed by atoms with Gasteiger partial charge in [0.1, 0.15) is 5.76 Å². The van der Waals surface area contributed by atoms with Gasteiger partial charge in [-0.2, -0.15) is 0 Å². The highest BCUT2D eigenvalue weighted by Crippen LogP contribution is 2.33. The molecule has 2 heterocycles. The maximum Gasteiger partial charge on any atom is 0.225 e. The lowest BCUT2D eigenvalue weighted by molar-refractivity contribution is -0.137. The molecular formula is C13H17NO2. The van der Waals surface area contributed by atoms with Crippen LogP contribution in [0.5, 0.6) is 0 Å². The predicted octanol–water partition coefficient (Wildman–Crippen LogP) is 2.40. The van der Waals surface area contributed by atoms with Crippen molar-refractivity contribution in [3.05, 3.63) is 24.2 Å². The second-order valence-electron chi connectivity index (χ2n) is 4.91. The summed E-state index contributed by atoms with van der Waals surface area (Å²) in [7, 11) is 0. The fourth-order valence-corrected chi connectivity index (χ4v) is 2.63. The smallest absolute Gasteiger partial charge is 0.225 e. The van der Waals surface area contributed by atoms with E-state index in [1.165, 1.54) is 6.42 Å². The van der Waals surface area contributed by atoms with E-state index in [1.807, 2.05) is 17.0 Å². The van der Waals surface area contributed by atoms with Crippen LogP contribution in [0.15, 0.2) is 22.8 Å². The van der Waals surface area contributed by atoms with E-state index in [0.717, 1.165) is 38.1 Å². The van der Waals surface area contributed by atoms with Gasteiger partial charge in [-0.05, 0) is 31.4 Å². The van der Waals surface area contributed by atoms with Crippen LogP contribution in [0.4, 0.5) is 0 Å². The van der Waals surface area contributed by atoms with Crippen molar-refractivity contribution in [1.82, 2.24) is 4.90 Å². The summed E-state index contributed by atoms with van der Waals surface area (Å²) >= 11 is 0. The molecule has 1 atom stereocenters. The van der Waals surface area contributed by atoms with Crippen molar-refractivity contribution in [2.75, 3.05) is 13.1 Å². The summed E-state index contributed by atoms with van der Waals surface area (Å²) < 4.78 is 5.41. The molecule has 0 radical (unpaired) electrons. The number of carbonyl (C=O) groups is 1. The maximum atomic E-state index is 12.0. The molecular weight excluding hydrogens is 202 g/mol. The van der Waals surface area contributed by atoms with Gasteiger partial charge in [0.15, 0.2) is 0 Å². The number of carbonyl (C=O) groups excluding carboxylic acids is 1. The highest BCUT2D eigenvalue weighted by molar-refractivity contribution is 5.79. The Labute approximate surface area is 95.4 Å². The zero-order valence-corrected chi connectivity index (χ0v) is 9.39. The Morgan fingerprint density at radius 1 is 1.38 bits per heavy atom. The molecule has 1 aromatic rings. The summed E-state index contributed by atoms with van der Waals surface area (Å²) in [6.45, 7) is 1.75. The zero-order chi connectivity index (χ0) is 11.0. The minimum Gasteiger partial charge on any atom is -0.469 e. The van der Waals surface area contributed by atoms with Crippen molar-refractivity contribution in [3.8, 4) is 0 Å². The predicted molar refractivity (Wildman–Crippen MR) is 60.0 cm³/mol. The molecule has 86 valence electrons. The van der Waals surface area contributed by atoms with Gasteiger partial charge in [-0.3, -0.25) is 4.79 Å². The molecule has 0 aromatic carbocycles. The van der Waals surface area contributed by atoms with E-state index in [2.05, 4.69) is 0 Å². The number of furan rings is 1. The zero-order valence-electron chi connectivity index (χ0n) is 9.39. The van der Waals surface area contributed by atoms with E-state index in [-0.39, 0.29) is 0 Å². The van der Waals surface area contributed by atoms with Gasteiger partial charge in [-0.25, -0.2) is 0 Å². The van der Waals surface area contributed by atoms with Gasteiger partial charge in [0.2, 0.25) is 5.91 Å². The Bertz CT molecular complexity index is 367. The van der Waals surface area contributed by atoms with Gasteiger partial charge >= 0.3 is 0 Å². The molecule has 1 saturated carbocycles. The molecule has 1 aliphatic heterocycles. The fraction of sp³-hybridized carbons (Fsp3) is 0.615. The van der Waals surface area contributed by atoms with E-state index in [9.17, 15) is 4.79 Å². The Morgan fingerprint density at radius 3 is 2.88 bits per heavy atom. The molecule has 1 amide bonds. The van der Waals surface area contributed by atoms with Crippen molar-refractivity contribution in [2.45, 2.75) is 31.6 Å². The SMILES string of the molecule is O=C(C1CCC1)N1CCC(c2ccco2)C1. The van der Waals surface area contributed by atoms with Crippen LogP contribution in [-0.2, 0) is 4.79 Å². The van der Waals surface area contributed by atoms with Crippen molar-refractivity contribution in [1.29, 1.82) is 0 Å². The Balaban J connectivity index is 1.62. The number of hydrogen-bond acceptors (Lipinski definition) is 2. The molecule has 1 unspecified atom stereocenters. The third kappa shape index (κ3) is 1.64. The summed E-state index contributed by atoms with van der Waals surface area (Å²) in [4.78, 5) is 14.1. The standard InChI is InChI=1S/C13H17NO2/c15-13(10-3-1-4-10)14-7-6-11(9-14)12-5-2-8-16-12/h2,5,8,10-11H,1,3-4,6-7,9H2. The number of rotatable bonds is 2. The average Bonchev–Trinajstić information content (AvgIpc) is 2.86. The number of nitrogens with zero attached hydrogens (tertiary/aromatic N) is 1. The number of hydrogen-bond donors (Lipinski definition) is 0. The molecule has 3 heteroatoms. The maximum absolute atomic E-state index is 12.0. The van der Waals surface area contributed by atoms with E-state index in [1.54, 1.807) is 6.26 Å². The van der Waals surface area contributed by atoms with E-state index >= 15 is 0 Å². The van der Waals surface area contributed by atoms with Gasteiger partial charge in [-0.15, -0.1) is 0 Å². The molecule has 0 spiro atoms. The molecule has 16 heavy (non-hydrogen) atoms. The molecule has 1 aromatic heterocycles. The van der Waals surface area contributed by atoms with Crippen LogP contribution in [0.2, 0.25) is 0 Å². The monoisotopic (exact) mass is 219 g/mol. The first kappa shape index (κ1) is 9.94. The van der Waals surface area contributed by atoms with E-state index < -0.39 is 0 Å². The normalized spacial score (nSPS) is 25.8. The molecule has 2 fully saturated rings. The molecule has 1 saturated heterocycles. The highest BCUT2D eigenvalue weighted by Gasteiger charge is 2.34. The third-order valence-corrected chi connectivity index (χ3v) is 3.90. The van der Waals surface area contributed by atoms with Crippen molar-refractivity contribution in [2.24, 2.45) is 5.92 Å².